The maximum absolute atomic E-state index is 10.6. The average molecular weight is 230 g/mol. The zero-order valence-electron chi connectivity index (χ0n) is 9.32. The lowest BCUT2D eigenvalue weighted by molar-refractivity contribution is -0.118. The molecule has 0 aliphatic heterocycles. The van der Waals surface area contributed by atoms with Gasteiger partial charge >= 0.3 is 0 Å². The van der Waals surface area contributed by atoms with Crippen LogP contribution in [0, 0.1) is 0 Å². The smallest absolute Gasteiger partial charge is 0.246 e. The lowest BCUT2D eigenvalue weighted by Gasteiger charge is -1.99. The molecule has 0 aromatic heterocycles. The van der Waals surface area contributed by atoms with Gasteiger partial charge in [0.2, 0.25) is 11.8 Å². The van der Waals surface area contributed by atoms with Crippen LogP contribution in [0.2, 0.25) is 0 Å². The van der Waals surface area contributed by atoms with Gasteiger partial charge in [0.05, 0.1) is 6.61 Å². The molecule has 0 atom stereocenters. The first-order valence-corrected chi connectivity index (χ1v) is 4.55. The number of carbonyl (C=O) groups is 2. The van der Waals surface area contributed by atoms with Gasteiger partial charge in [-0.05, 0) is 13.0 Å². The van der Waals surface area contributed by atoms with Gasteiger partial charge in [-0.15, -0.1) is 0 Å². The van der Waals surface area contributed by atoms with Crippen molar-refractivity contribution in [3.63, 3.8) is 0 Å². The highest BCUT2D eigenvalue weighted by molar-refractivity contribution is 5.92. The van der Waals surface area contributed by atoms with Crippen LogP contribution in [0.1, 0.15) is 6.92 Å². The summed E-state index contributed by atoms with van der Waals surface area (Å²) in [6, 6.07) is 0. The molecule has 16 heavy (non-hydrogen) atoms. The number of amides is 2. The zero-order chi connectivity index (χ0) is 13.0. The number of carbonyl (C=O) groups excluding carboxylic acids is 2. The predicted octanol–water partition coefficient (Wildman–Crippen LogP) is -1.09. The molecule has 4 N–H and O–H groups in total. The van der Waals surface area contributed by atoms with Crippen molar-refractivity contribution in [2.45, 2.75) is 6.92 Å². The normalized spacial score (nSPS) is 8.19. The monoisotopic (exact) mass is 230 g/mol. The van der Waals surface area contributed by atoms with Gasteiger partial charge in [0, 0.05) is 12.1 Å². The fourth-order valence-electron chi connectivity index (χ4n) is 0.470. The summed E-state index contributed by atoms with van der Waals surface area (Å²) in [5.41, 5.74) is 0.462. The Morgan fingerprint density at radius 1 is 1.31 bits per heavy atom. The molecule has 0 rings (SSSR count). The fourth-order valence-corrected chi connectivity index (χ4v) is 0.470. The highest BCUT2D eigenvalue weighted by Crippen LogP contribution is 1.83. The summed E-state index contributed by atoms with van der Waals surface area (Å²) in [4.78, 5) is 20.6. The van der Waals surface area contributed by atoms with Crippen LogP contribution >= 0.6 is 0 Å². The summed E-state index contributed by atoms with van der Waals surface area (Å²) in [5, 5.41) is 20.8. The fraction of sp³-hybridized carbons (Fsp3) is 0.400. The van der Waals surface area contributed by atoms with Crippen LogP contribution in [0.3, 0.4) is 0 Å². The van der Waals surface area contributed by atoms with E-state index in [1.807, 2.05) is 0 Å². The SMILES string of the molecule is C=C(C)C(=O)NCCO.C=CC(=O)NCO. The van der Waals surface area contributed by atoms with Gasteiger partial charge in [-0.3, -0.25) is 9.59 Å². The standard InChI is InChI=1S/C6H11NO2.C4H7NO2/c1-5(2)6(9)7-3-4-8;1-2-4(7)5-3-6/h8H,1,3-4H2,2H3,(H,7,9);2,6H,1,3H2,(H,5,7). The molecule has 6 nitrogen and oxygen atoms in total. The van der Waals surface area contributed by atoms with E-state index < -0.39 is 0 Å². The Hall–Kier alpha value is -1.66. The van der Waals surface area contributed by atoms with E-state index in [0.29, 0.717) is 12.1 Å². The lowest BCUT2D eigenvalue weighted by Crippen LogP contribution is -2.26. The Kier molecular flexibility index (Phi) is 12.0. The van der Waals surface area contributed by atoms with E-state index in [0.717, 1.165) is 6.08 Å². The molecular weight excluding hydrogens is 212 g/mol. The average Bonchev–Trinajstić information content (AvgIpc) is 2.26. The van der Waals surface area contributed by atoms with Crippen LogP contribution in [0.25, 0.3) is 0 Å². The molecule has 2 amide bonds. The first-order valence-electron chi connectivity index (χ1n) is 4.55. The molecule has 0 aliphatic rings. The summed E-state index contributed by atoms with van der Waals surface area (Å²) >= 11 is 0. The Morgan fingerprint density at radius 2 is 1.88 bits per heavy atom. The molecule has 0 aromatic rings. The summed E-state index contributed by atoms with van der Waals surface area (Å²) in [7, 11) is 0. The van der Waals surface area contributed by atoms with Crippen molar-refractivity contribution in [1.82, 2.24) is 10.6 Å². The maximum atomic E-state index is 10.6. The van der Waals surface area contributed by atoms with Crippen molar-refractivity contribution in [2.75, 3.05) is 19.9 Å². The van der Waals surface area contributed by atoms with Gasteiger partial charge in [0.1, 0.15) is 6.73 Å². The number of rotatable bonds is 5. The Labute approximate surface area is 94.7 Å². The van der Waals surface area contributed by atoms with Crippen molar-refractivity contribution >= 4 is 11.8 Å². The van der Waals surface area contributed by atoms with Crippen molar-refractivity contribution in [3.05, 3.63) is 24.8 Å². The quantitative estimate of drug-likeness (QED) is 0.356. The van der Waals surface area contributed by atoms with E-state index in [1.54, 1.807) is 6.92 Å². The van der Waals surface area contributed by atoms with Crippen LogP contribution in [-0.2, 0) is 9.59 Å². The molecule has 0 spiro atoms. The second-order valence-electron chi connectivity index (χ2n) is 2.66. The lowest BCUT2D eigenvalue weighted by atomic mass is 10.3. The third-order valence-electron chi connectivity index (χ3n) is 1.22. The highest BCUT2D eigenvalue weighted by Gasteiger charge is 1.97. The number of hydrogen-bond donors (Lipinski definition) is 4. The topological polar surface area (TPSA) is 98.7 Å². The number of hydrogen-bond acceptors (Lipinski definition) is 4. The van der Waals surface area contributed by atoms with Gasteiger partial charge in [-0.25, -0.2) is 0 Å². The molecule has 0 bridgehead atoms. The van der Waals surface area contributed by atoms with Gasteiger partial charge in [-0.1, -0.05) is 13.2 Å². The molecule has 0 unspecified atom stereocenters. The summed E-state index contributed by atoms with van der Waals surface area (Å²) in [6.07, 6.45) is 1.09. The minimum atomic E-state index is -0.359. The van der Waals surface area contributed by atoms with Crippen molar-refractivity contribution in [1.29, 1.82) is 0 Å². The summed E-state index contributed by atoms with van der Waals surface area (Å²) < 4.78 is 0. The molecule has 92 valence electrons. The highest BCUT2D eigenvalue weighted by atomic mass is 16.3. The minimum absolute atomic E-state index is 0.0288. The molecule has 6 heteroatoms. The molecule has 0 saturated heterocycles. The van der Waals surface area contributed by atoms with E-state index >= 15 is 0 Å². The van der Waals surface area contributed by atoms with Gasteiger partial charge in [-0.2, -0.15) is 0 Å². The van der Waals surface area contributed by atoms with E-state index in [1.165, 1.54) is 0 Å². The van der Waals surface area contributed by atoms with E-state index in [2.05, 4.69) is 23.8 Å². The largest absolute Gasteiger partial charge is 0.395 e. The Morgan fingerprint density at radius 3 is 2.12 bits per heavy atom. The third-order valence-corrected chi connectivity index (χ3v) is 1.22. The van der Waals surface area contributed by atoms with Crippen LogP contribution < -0.4 is 10.6 Å². The van der Waals surface area contributed by atoms with Crippen molar-refractivity contribution in [2.24, 2.45) is 0 Å². The third kappa shape index (κ3) is 12.3. The van der Waals surface area contributed by atoms with Gasteiger partial charge in [0.25, 0.3) is 0 Å². The molecule has 0 heterocycles. The zero-order valence-corrected chi connectivity index (χ0v) is 9.32. The van der Waals surface area contributed by atoms with E-state index in [4.69, 9.17) is 10.2 Å². The van der Waals surface area contributed by atoms with Crippen LogP contribution in [-0.4, -0.2) is 41.9 Å². The number of aliphatic hydroxyl groups is 2. The first-order chi connectivity index (χ1) is 7.49. The van der Waals surface area contributed by atoms with Crippen LogP contribution in [0.15, 0.2) is 24.8 Å². The van der Waals surface area contributed by atoms with Crippen molar-refractivity contribution in [3.8, 4) is 0 Å². The van der Waals surface area contributed by atoms with Gasteiger partial charge < -0.3 is 20.8 Å². The summed E-state index contributed by atoms with van der Waals surface area (Å²) in [6.45, 7) is 8.13. The second kappa shape index (κ2) is 11.4. The molecule has 0 radical (unpaired) electrons. The minimum Gasteiger partial charge on any atom is -0.395 e. The molecule has 0 aliphatic carbocycles. The molecular formula is C10H18N2O4. The van der Waals surface area contributed by atoms with Crippen LogP contribution in [0.4, 0.5) is 0 Å². The molecule has 0 aromatic carbocycles. The van der Waals surface area contributed by atoms with Crippen LogP contribution in [0.5, 0.6) is 0 Å². The van der Waals surface area contributed by atoms with Crippen molar-refractivity contribution < 1.29 is 19.8 Å². The number of aliphatic hydroxyl groups excluding tert-OH is 2. The Balaban J connectivity index is 0. The number of nitrogens with one attached hydrogen (secondary N) is 2. The summed E-state index contributed by atoms with van der Waals surface area (Å²) in [5.74, 6) is -0.563. The maximum Gasteiger partial charge on any atom is 0.246 e. The van der Waals surface area contributed by atoms with E-state index in [9.17, 15) is 9.59 Å². The second-order valence-corrected chi connectivity index (χ2v) is 2.66. The van der Waals surface area contributed by atoms with E-state index in [-0.39, 0.29) is 25.2 Å². The van der Waals surface area contributed by atoms with Gasteiger partial charge in [0.15, 0.2) is 0 Å². The Bertz CT molecular complexity index is 251. The molecule has 0 fully saturated rings. The predicted molar refractivity (Wildman–Crippen MR) is 60.3 cm³/mol. The first kappa shape index (κ1) is 16.8. The molecule has 0 saturated carbocycles.